The molecule has 60 heavy (non-hydrogen) atoms. The molecule has 3 amide bonds. The second-order valence-corrected chi connectivity index (χ2v) is 17.6. The summed E-state index contributed by atoms with van der Waals surface area (Å²) in [5.74, 6) is -2.61. The Morgan fingerprint density at radius 2 is 0.917 bits per heavy atom. The van der Waals surface area contributed by atoms with Crippen molar-refractivity contribution in [2.24, 2.45) is 0 Å². The van der Waals surface area contributed by atoms with Crippen molar-refractivity contribution in [1.29, 1.82) is 0 Å². The van der Waals surface area contributed by atoms with E-state index in [0.29, 0.717) is 19.4 Å². The smallest absolute Gasteiger partial charge is 0.303 e. The third-order valence-corrected chi connectivity index (χ3v) is 12.1. The molecule has 0 bridgehead atoms. The Morgan fingerprint density at radius 3 is 1.32 bits per heavy atom. The number of aliphatic hydroxyl groups excluding tert-OH is 3. The number of carbonyl (C=O) groups is 4. The van der Waals surface area contributed by atoms with E-state index in [2.05, 4.69) is 24.5 Å². The molecule has 0 saturated carbocycles. The molecule has 1 fully saturated rings. The summed E-state index contributed by atoms with van der Waals surface area (Å²) in [7, 11) is 0. The minimum Gasteiger partial charge on any atom is -0.481 e. The second-order valence-electron chi connectivity index (χ2n) is 17.6. The summed E-state index contributed by atoms with van der Waals surface area (Å²) in [5, 5.41) is 45.9. The summed E-state index contributed by atoms with van der Waals surface area (Å²) in [6, 6.07) is -1.22. The van der Waals surface area contributed by atoms with Gasteiger partial charge >= 0.3 is 5.97 Å². The van der Waals surface area contributed by atoms with Gasteiger partial charge in [-0.15, -0.1) is 0 Å². The number of carbonyl (C=O) groups excluding carboxylic acids is 3. The van der Waals surface area contributed by atoms with E-state index in [4.69, 9.17) is 9.84 Å². The van der Waals surface area contributed by atoms with E-state index in [1.807, 2.05) is 0 Å². The molecule has 0 aromatic carbocycles. The Hall–Kier alpha value is -2.28. The molecule has 1 aliphatic heterocycles. The van der Waals surface area contributed by atoms with Crippen LogP contribution in [-0.2, 0) is 23.9 Å². The molecular formula is C48H91N3O9. The molecule has 1 rings (SSSR count). The Balaban J connectivity index is 2.69. The van der Waals surface area contributed by atoms with E-state index in [1.54, 1.807) is 4.90 Å². The van der Waals surface area contributed by atoms with Gasteiger partial charge in [0.25, 0.3) is 0 Å². The highest BCUT2D eigenvalue weighted by Crippen LogP contribution is 2.26. The van der Waals surface area contributed by atoms with Crippen LogP contribution in [0, 0.1) is 0 Å². The third-order valence-electron chi connectivity index (χ3n) is 12.1. The standard InChI is InChI=1S/C48H91N3O9/c1-3-5-7-9-11-13-15-17-19-21-23-25-27-29-31-33-37-51(43(55)34-32-30-28-26-24-22-20-18-16-14-12-10-8-6-4-2)48-45(47(59)46(58)40(39-52)60-48)50-42(54)38-49-41(53)35-36-44(56)57/h40,45-48,52,58-59H,3-39H2,1-2H3,(H,49,53)(H,50,54)(H,56,57)/t40-,45+,46+,47-,48-/m1/s1. The van der Waals surface area contributed by atoms with E-state index in [0.717, 1.165) is 38.5 Å². The molecule has 1 heterocycles. The molecule has 352 valence electrons. The van der Waals surface area contributed by atoms with Crippen LogP contribution in [0.3, 0.4) is 0 Å². The third kappa shape index (κ3) is 28.3. The van der Waals surface area contributed by atoms with Crippen molar-refractivity contribution >= 4 is 23.7 Å². The lowest BCUT2D eigenvalue weighted by Crippen LogP contribution is -2.69. The van der Waals surface area contributed by atoms with E-state index in [9.17, 15) is 34.5 Å². The molecule has 0 aliphatic carbocycles. The summed E-state index contributed by atoms with van der Waals surface area (Å²) < 4.78 is 6.09. The zero-order valence-corrected chi connectivity index (χ0v) is 38.3. The fourth-order valence-corrected chi connectivity index (χ4v) is 8.26. The predicted molar refractivity (Wildman–Crippen MR) is 240 cm³/mol. The summed E-state index contributed by atoms with van der Waals surface area (Å²) in [5.41, 5.74) is 0. The Morgan fingerprint density at radius 1 is 0.517 bits per heavy atom. The van der Waals surface area contributed by atoms with Gasteiger partial charge in [-0.1, -0.05) is 200 Å². The summed E-state index contributed by atoms with van der Waals surface area (Å²) in [6.07, 6.45) is 32.1. The lowest BCUT2D eigenvalue weighted by Gasteiger charge is -2.47. The molecule has 0 unspecified atom stereocenters. The number of hydrogen-bond donors (Lipinski definition) is 6. The highest BCUT2D eigenvalue weighted by atomic mass is 16.5. The minimum absolute atomic E-state index is 0.169. The average Bonchev–Trinajstić information content (AvgIpc) is 3.23. The number of ether oxygens (including phenoxy) is 1. The van der Waals surface area contributed by atoms with Gasteiger partial charge in [-0.05, 0) is 12.8 Å². The molecule has 12 heteroatoms. The Kier molecular flexibility index (Phi) is 35.7. The van der Waals surface area contributed by atoms with Gasteiger partial charge in [-0.2, -0.15) is 0 Å². The molecule has 0 spiro atoms. The summed E-state index contributed by atoms with van der Waals surface area (Å²) in [6.45, 7) is 3.77. The molecule has 1 saturated heterocycles. The van der Waals surface area contributed by atoms with Crippen molar-refractivity contribution in [1.82, 2.24) is 15.5 Å². The molecule has 12 nitrogen and oxygen atoms in total. The van der Waals surface area contributed by atoms with Crippen molar-refractivity contribution in [3.63, 3.8) is 0 Å². The second kappa shape index (κ2) is 38.4. The number of rotatable bonds is 41. The quantitative estimate of drug-likeness (QED) is 0.0326. The van der Waals surface area contributed by atoms with Crippen LogP contribution in [0.5, 0.6) is 0 Å². The van der Waals surface area contributed by atoms with Gasteiger partial charge in [-0.25, -0.2) is 0 Å². The first-order valence-electron chi connectivity index (χ1n) is 24.9. The van der Waals surface area contributed by atoms with Gasteiger partial charge in [0.05, 0.1) is 19.6 Å². The lowest BCUT2D eigenvalue weighted by atomic mass is 9.94. The number of unbranched alkanes of at least 4 members (excludes halogenated alkanes) is 29. The highest BCUT2D eigenvalue weighted by molar-refractivity contribution is 5.86. The van der Waals surface area contributed by atoms with Crippen LogP contribution in [0.25, 0.3) is 0 Å². The maximum Gasteiger partial charge on any atom is 0.303 e. The van der Waals surface area contributed by atoms with Crippen molar-refractivity contribution in [2.45, 2.75) is 263 Å². The number of hydrogen-bond acceptors (Lipinski definition) is 8. The summed E-state index contributed by atoms with van der Waals surface area (Å²) in [4.78, 5) is 51.4. The van der Waals surface area contributed by atoms with Crippen LogP contribution < -0.4 is 10.6 Å². The highest BCUT2D eigenvalue weighted by Gasteiger charge is 2.48. The molecular weight excluding hydrogens is 763 g/mol. The van der Waals surface area contributed by atoms with Crippen LogP contribution in [0.15, 0.2) is 0 Å². The molecule has 1 aliphatic rings. The zero-order valence-electron chi connectivity index (χ0n) is 38.3. The Labute approximate surface area is 365 Å². The number of carboxylic acids is 1. The first kappa shape index (κ1) is 55.7. The van der Waals surface area contributed by atoms with Crippen molar-refractivity contribution in [3.05, 3.63) is 0 Å². The van der Waals surface area contributed by atoms with E-state index >= 15 is 0 Å². The number of aliphatic hydroxyl groups is 3. The van der Waals surface area contributed by atoms with Gasteiger partial charge in [0.1, 0.15) is 24.4 Å². The van der Waals surface area contributed by atoms with Crippen molar-refractivity contribution in [2.75, 3.05) is 19.7 Å². The predicted octanol–water partition coefficient (Wildman–Crippen LogP) is 9.24. The van der Waals surface area contributed by atoms with Gasteiger partial charge in [0, 0.05) is 19.4 Å². The topological polar surface area (TPSA) is 186 Å². The van der Waals surface area contributed by atoms with Gasteiger partial charge in [-0.3, -0.25) is 19.2 Å². The van der Waals surface area contributed by atoms with Crippen molar-refractivity contribution in [3.8, 4) is 0 Å². The van der Waals surface area contributed by atoms with Crippen LogP contribution in [-0.4, -0.2) is 99.3 Å². The fourth-order valence-electron chi connectivity index (χ4n) is 8.26. The molecule has 0 aromatic rings. The fraction of sp³-hybridized carbons (Fsp3) is 0.917. The monoisotopic (exact) mass is 854 g/mol. The largest absolute Gasteiger partial charge is 0.481 e. The van der Waals surface area contributed by atoms with E-state index in [1.165, 1.54) is 148 Å². The number of carboxylic acid groups (broad SMARTS) is 1. The van der Waals surface area contributed by atoms with Crippen LogP contribution in [0.4, 0.5) is 0 Å². The molecule has 0 radical (unpaired) electrons. The van der Waals surface area contributed by atoms with Crippen LogP contribution >= 0.6 is 0 Å². The molecule has 5 atom stereocenters. The van der Waals surface area contributed by atoms with Crippen molar-refractivity contribution < 1.29 is 44.3 Å². The SMILES string of the molecule is CCCCCCCCCCCCCCCCCCN(C(=O)CCCCCCCCCCCCCCCCC)[C@@H]1O[C@H](CO)[C@H](O)[C@H](O)[C@@H]1NC(=O)CNC(=O)CCC(=O)O. The van der Waals surface area contributed by atoms with Crippen LogP contribution in [0.1, 0.15) is 232 Å². The minimum atomic E-state index is -1.56. The lowest BCUT2D eigenvalue weighted by molar-refractivity contribution is -0.231. The van der Waals surface area contributed by atoms with Gasteiger partial charge in [0.15, 0.2) is 6.23 Å². The Bertz CT molecular complexity index is 1080. The average molecular weight is 854 g/mol. The zero-order chi connectivity index (χ0) is 44.1. The number of nitrogens with one attached hydrogen (secondary N) is 2. The van der Waals surface area contributed by atoms with E-state index < -0.39 is 61.5 Å². The number of nitrogens with zero attached hydrogens (tertiary/aromatic N) is 1. The maximum atomic E-state index is 13.9. The molecule has 6 N–H and O–H groups in total. The first-order valence-corrected chi connectivity index (χ1v) is 24.9. The van der Waals surface area contributed by atoms with E-state index in [-0.39, 0.29) is 25.2 Å². The number of amides is 3. The maximum absolute atomic E-state index is 13.9. The van der Waals surface area contributed by atoms with Crippen LogP contribution in [0.2, 0.25) is 0 Å². The van der Waals surface area contributed by atoms with Gasteiger partial charge in [0.2, 0.25) is 17.7 Å². The number of aliphatic carboxylic acids is 1. The first-order chi connectivity index (χ1) is 29.2. The van der Waals surface area contributed by atoms with Gasteiger partial charge < -0.3 is 40.7 Å². The summed E-state index contributed by atoms with van der Waals surface area (Å²) >= 11 is 0. The molecule has 0 aromatic heterocycles. The normalized spacial score (nSPS) is 19.0.